The first kappa shape index (κ1) is 16.5. The van der Waals surface area contributed by atoms with E-state index in [-0.39, 0.29) is 0 Å². The summed E-state index contributed by atoms with van der Waals surface area (Å²) in [5.41, 5.74) is 2.16. The van der Waals surface area contributed by atoms with Gasteiger partial charge >= 0.3 is 0 Å². The molecule has 0 fully saturated rings. The van der Waals surface area contributed by atoms with Gasteiger partial charge in [-0.3, -0.25) is 0 Å². The number of nitrogens with one attached hydrogen (secondary N) is 2. The molecule has 0 aliphatic heterocycles. The predicted molar refractivity (Wildman–Crippen MR) is 95.3 cm³/mol. The number of thiazole rings is 1. The second kappa shape index (κ2) is 8.54. The summed E-state index contributed by atoms with van der Waals surface area (Å²) in [7, 11) is 0. The first-order valence-corrected chi connectivity index (χ1v) is 8.65. The smallest absolute Gasteiger partial charge is 0.191 e. The summed E-state index contributed by atoms with van der Waals surface area (Å²) < 4.78 is 0. The summed E-state index contributed by atoms with van der Waals surface area (Å²) in [5, 5.41) is 9.79. The molecule has 0 bridgehead atoms. The van der Waals surface area contributed by atoms with Crippen LogP contribution in [-0.4, -0.2) is 23.5 Å². The highest BCUT2D eigenvalue weighted by Crippen LogP contribution is 2.23. The predicted octanol–water partition coefficient (Wildman–Crippen LogP) is 3.66. The van der Waals surface area contributed by atoms with Gasteiger partial charge in [-0.15, -0.1) is 11.3 Å². The maximum atomic E-state index is 4.67. The Labute approximate surface area is 136 Å². The number of rotatable bonds is 6. The Morgan fingerprint density at radius 1 is 1.27 bits per heavy atom. The first-order valence-electron chi connectivity index (χ1n) is 7.77. The monoisotopic (exact) mass is 316 g/mol. The molecule has 4 nitrogen and oxygen atoms in total. The minimum Gasteiger partial charge on any atom is -0.357 e. The van der Waals surface area contributed by atoms with E-state index in [1.54, 1.807) is 11.3 Å². The largest absolute Gasteiger partial charge is 0.357 e. The maximum absolute atomic E-state index is 4.67. The van der Waals surface area contributed by atoms with Gasteiger partial charge in [-0.05, 0) is 20.3 Å². The molecule has 5 heteroatoms. The van der Waals surface area contributed by atoms with Crippen molar-refractivity contribution in [1.82, 2.24) is 15.6 Å². The van der Waals surface area contributed by atoms with Gasteiger partial charge < -0.3 is 10.6 Å². The SMILES string of the molecule is CCNC(=NCc1csc(-c2ccccc2)n1)NC(C)CC. The molecule has 22 heavy (non-hydrogen) atoms. The van der Waals surface area contributed by atoms with Crippen LogP contribution in [0.5, 0.6) is 0 Å². The standard InChI is InChI=1S/C17H24N4S/c1-4-13(3)20-17(18-5-2)19-11-15-12-22-16(21-15)14-9-7-6-8-10-14/h6-10,12-13H,4-5,11H2,1-3H3,(H2,18,19,20). The molecule has 2 rings (SSSR count). The molecular weight excluding hydrogens is 292 g/mol. The van der Waals surface area contributed by atoms with E-state index in [1.165, 1.54) is 0 Å². The van der Waals surface area contributed by atoms with Crippen molar-refractivity contribution in [3.05, 3.63) is 41.4 Å². The van der Waals surface area contributed by atoms with E-state index in [2.05, 4.69) is 58.9 Å². The summed E-state index contributed by atoms with van der Waals surface area (Å²) in [6, 6.07) is 10.7. The molecule has 0 aliphatic carbocycles. The molecule has 1 aromatic heterocycles. The van der Waals surface area contributed by atoms with Gasteiger partial charge in [0.15, 0.2) is 5.96 Å². The molecule has 0 saturated carbocycles. The highest BCUT2D eigenvalue weighted by atomic mass is 32.1. The molecule has 118 valence electrons. The van der Waals surface area contributed by atoms with Crippen LogP contribution in [0.1, 0.15) is 32.9 Å². The molecule has 0 radical (unpaired) electrons. The number of aromatic nitrogens is 1. The Balaban J connectivity index is 2.03. The first-order chi connectivity index (χ1) is 10.7. The fourth-order valence-electron chi connectivity index (χ4n) is 1.91. The summed E-state index contributed by atoms with van der Waals surface area (Å²) in [4.78, 5) is 9.29. The van der Waals surface area contributed by atoms with Crippen molar-refractivity contribution in [3.8, 4) is 10.6 Å². The third-order valence-electron chi connectivity index (χ3n) is 3.31. The lowest BCUT2D eigenvalue weighted by Crippen LogP contribution is -2.41. The fraction of sp³-hybridized carbons (Fsp3) is 0.412. The molecule has 1 aromatic carbocycles. The van der Waals surface area contributed by atoms with Crippen molar-refractivity contribution in [2.24, 2.45) is 4.99 Å². The molecule has 2 N–H and O–H groups in total. The Bertz CT molecular complexity index is 592. The lowest BCUT2D eigenvalue weighted by Gasteiger charge is -2.15. The lowest BCUT2D eigenvalue weighted by molar-refractivity contribution is 0.624. The molecule has 1 atom stereocenters. The van der Waals surface area contributed by atoms with Crippen molar-refractivity contribution in [1.29, 1.82) is 0 Å². The van der Waals surface area contributed by atoms with Gasteiger partial charge in [0.05, 0.1) is 12.2 Å². The highest BCUT2D eigenvalue weighted by molar-refractivity contribution is 7.13. The number of aliphatic imine (C=N–C) groups is 1. The van der Waals surface area contributed by atoms with Crippen LogP contribution >= 0.6 is 11.3 Å². The minimum absolute atomic E-state index is 0.410. The Morgan fingerprint density at radius 2 is 2.05 bits per heavy atom. The molecule has 0 saturated heterocycles. The molecule has 1 unspecified atom stereocenters. The van der Waals surface area contributed by atoms with E-state index in [0.29, 0.717) is 12.6 Å². The summed E-state index contributed by atoms with van der Waals surface area (Å²) in [5.74, 6) is 0.853. The number of guanidine groups is 1. The van der Waals surface area contributed by atoms with Crippen LogP contribution in [0.4, 0.5) is 0 Å². The number of benzene rings is 1. The third-order valence-corrected chi connectivity index (χ3v) is 4.25. The van der Waals surface area contributed by atoms with Gasteiger partial charge in [-0.2, -0.15) is 0 Å². The minimum atomic E-state index is 0.410. The lowest BCUT2D eigenvalue weighted by atomic mass is 10.2. The second-order valence-electron chi connectivity index (χ2n) is 5.16. The second-order valence-corrected chi connectivity index (χ2v) is 6.02. The van der Waals surface area contributed by atoms with Gasteiger partial charge in [-0.1, -0.05) is 37.3 Å². The van der Waals surface area contributed by atoms with E-state index < -0.39 is 0 Å². The summed E-state index contributed by atoms with van der Waals surface area (Å²) >= 11 is 1.66. The van der Waals surface area contributed by atoms with Crippen molar-refractivity contribution in [2.45, 2.75) is 39.8 Å². The van der Waals surface area contributed by atoms with Crippen LogP contribution in [0.25, 0.3) is 10.6 Å². The summed E-state index contributed by atoms with van der Waals surface area (Å²) in [6.45, 7) is 7.84. The van der Waals surface area contributed by atoms with Gasteiger partial charge in [-0.25, -0.2) is 9.98 Å². The molecule has 0 spiro atoms. The zero-order valence-corrected chi connectivity index (χ0v) is 14.3. The van der Waals surface area contributed by atoms with E-state index >= 15 is 0 Å². The summed E-state index contributed by atoms with van der Waals surface area (Å²) in [6.07, 6.45) is 1.07. The van der Waals surface area contributed by atoms with E-state index in [0.717, 1.165) is 35.2 Å². The topological polar surface area (TPSA) is 49.3 Å². The molecule has 2 aromatic rings. The molecule has 1 heterocycles. The van der Waals surface area contributed by atoms with E-state index in [4.69, 9.17) is 0 Å². The fourth-order valence-corrected chi connectivity index (χ4v) is 2.73. The molecular formula is C17H24N4S. The van der Waals surface area contributed by atoms with Crippen molar-refractivity contribution < 1.29 is 0 Å². The Hall–Kier alpha value is -1.88. The number of hydrogen-bond donors (Lipinski definition) is 2. The van der Waals surface area contributed by atoms with Crippen LogP contribution in [-0.2, 0) is 6.54 Å². The Morgan fingerprint density at radius 3 is 2.73 bits per heavy atom. The zero-order chi connectivity index (χ0) is 15.8. The average molecular weight is 316 g/mol. The molecule has 0 aliphatic rings. The van der Waals surface area contributed by atoms with Crippen LogP contribution in [0.3, 0.4) is 0 Å². The van der Waals surface area contributed by atoms with Crippen LogP contribution in [0, 0.1) is 0 Å². The van der Waals surface area contributed by atoms with Crippen molar-refractivity contribution in [2.75, 3.05) is 6.54 Å². The van der Waals surface area contributed by atoms with Crippen molar-refractivity contribution in [3.63, 3.8) is 0 Å². The van der Waals surface area contributed by atoms with Crippen LogP contribution in [0.2, 0.25) is 0 Å². The Kier molecular flexibility index (Phi) is 6.40. The third kappa shape index (κ3) is 4.84. The highest BCUT2D eigenvalue weighted by Gasteiger charge is 2.05. The van der Waals surface area contributed by atoms with Crippen molar-refractivity contribution >= 4 is 17.3 Å². The van der Waals surface area contributed by atoms with Gasteiger partial charge in [0.2, 0.25) is 0 Å². The van der Waals surface area contributed by atoms with Gasteiger partial charge in [0, 0.05) is 23.5 Å². The number of nitrogens with zero attached hydrogens (tertiary/aromatic N) is 2. The van der Waals surface area contributed by atoms with Crippen LogP contribution < -0.4 is 10.6 Å². The molecule has 0 amide bonds. The average Bonchev–Trinajstić information content (AvgIpc) is 3.02. The van der Waals surface area contributed by atoms with Crippen LogP contribution in [0.15, 0.2) is 40.7 Å². The number of hydrogen-bond acceptors (Lipinski definition) is 3. The van der Waals surface area contributed by atoms with E-state index in [9.17, 15) is 0 Å². The zero-order valence-electron chi connectivity index (χ0n) is 13.5. The van der Waals surface area contributed by atoms with Gasteiger partial charge in [0.1, 0.15) is 5.01 Å². The maximum Gasteiger partial charge on any atom is 0.191 e. The quantitative estimate of drug-likeness (QED) is 0.631. The normalized spacial score (nSPS) is 13.0. The van der Waals surface area contributed by atoms with E-state index in [1.807, 2.05) is 18.2 Å². The van der Waals surface area contributed by atoms with Gasteiger partial charge in [0.25, 0.3) is 0 Å².